The Labute approximate surface area is 127 Å². The fraction of sp³-hybridized carbons (Fsp3) is 0.167. The molecule has 0 heterocycles. The lowest BCUT2D eigenvalue weighted by Crippen LogP contribution is -2.06. The largest absolute Gasteiger partial charge is 0.496 e. The fourth-order valence-corrected chi connectivity index (χ4v) is 2.81. The number of carboxylic acids is 1. The van der Waals surface area contributed by atoms with Crippen LogP contribution in [0.25, 0.3) is 5.57 Å². The van der Waals surface area contributed by atoms with Gasteiger partial charge in [-0.2, -0.15) is 0 Å². The fourth-order valence-electron chi connectivity index (χ4n) is 2.81. The first-order valence-corrected chi connectivity index (χ1v) is 7.01. The molecule has 1 aliphatic carbocycles. The van der Waals surface area contributed by atoms with Crippen LogP contribution in [0.4, 0.5) is 4.39 Å². The van der Waals surface area contributed by atoms with E-state index in [0.29, 0.717) is 11.3 Å². The number of methoxy groups -OCH3 is 1. The smallest absolute Gasteiger partial charge is 0.335 e. The Kier molecular flexibility index (Phi) is 3.67. The summed E-state index contributed by atoms with van der Waals surface area (Å²) in [6.45, 7) is 0. The molecular formula is C18H15FO3. The summed E-state index contributed by atoms with van der Waals surface area (Å²) in [5, 5.41) is 9.18. The molecule has 2 aromatic rings. The molecule has 3 rings (SSSR count). The van der Waals surface area contributed by atoms with Crippen LogP contribution < -0.4 is 4.74 Å². The van der Waals surface area contributed by atoms with Gasteiger partial charge >= 0.3 is 5.97 Å². The number of hydrogen-bond donors (Lipinski definition) is 1. The summed E-state index contributed by atoms with van der Waals surface area (Å²) in [7, 11) is 1.54. The van der Waals surface area contributed by atoms with Gasteiger partial charge in [-0.15, -0.1) is 0 Å². The highest BCUT2D eigenvalue weighted by Crippen LogP contribution is 2.37. The Bertz CT molecular complexity index is 778. The maximum absolute atomic E-state index is 13.6. The van der Waals surface area contributed by atoms with Crippen molar-refractivity contribution in [3.8, 4) is 5.75 Å². The maximum Gasteiger partial charge on any atom is 0.335 e. The number of halogens is 1. The Morgan fingerprint density at radius 2 is 2.00 bits per heavy atom. The lowest BCUT2D eigenvalue weighted by atomic mass is 9.85. The molecule has 3 nitrogen and oxygen atoms in total. The van der Waals surface area contributed by atoms with Gasteiger partial charge < -0.3 is 9.84 Å². The van der Waals surface area contributed by atoms with Crippen molar-refractivity contribution in [1.82, 2.24) is 0 Å². The van der Waals surface area contributed by atoms with Gasteiger partial charge in [0.1, 0.15) is 11.6 Å². The molecule has 112 valence electrons. The molecule has 0 bridgehead atoms. The van der Waals surface area contributed by atoms with Crippen molar-refractivity contribution in [2.45, 2.75) is 12.8 Å². The van der Waals surface area contributed by atoms with Crippen LogP contribution in [-0.2, 0) is 6.42 Å². The zero-order valence-electron chi connectivity index (χ0n) is 12.1. The zero-order chi connectivity index (χ0) is 15.7. The number of rotatable bonds is 3. The minimum Gasteiger partial charge on any atom is -0.496 e. The van der Waals surface area contributed by atoms with E-state index in [4.69, 9.17) is 4.74 Å². The Morgan fingerprint density at radius 1 is 1.18 bits per heavy atom. The van der Waals surface area contributed by atoms with Gasteiger partial charge in [-0.1, -0.05) is 12.1 Å². The van der Waals surface area contributed by atoms with E-state index in [-0.39, 0.29) is 11.4 Å². The molecule has 0 amide bonds. The summed E-state index contributed by atoms with van der Waals surface area (Å²) in [6, 6.07) is 9.44. The third-order valence-electron chi connectivity index (χ3n) is 3.86. The Morgan fingerprint density at radius 3 is 2.73 bits per heavy atom. The summed E-state index contributed by atoms with van der Waals surface area (Å²) in [5.41, 5.74) is 3.58. The molecule has 2 aromatic carbocycles. The van der Waals surface area contributed by atoms with Gasteiger partial charge in [-0.25, -0.2) is 9.18 Å². The summed E-state index contributed by atoms with van der Waals surface area (Å²) < 4.78 is 19.0. The average molecular weight is 298 g/mol. The number of allylic oxidation sites excluding steroid dienone is 1. The third-order valence-corrected chi connectivity index (χ3v) is 3.86. The van der Waals surface area contributed by atoms with E-state index >= 15 is 0 Å². The van der Waals surface area contributed by atoms with Crippen molar-refractivity contribution in [3.63, 3.8) is 0 Å². The van der Waals surface area contributed by atoms with E-state index in [2.05, 4.69) is 0 Å². The number of aryl methyl sites for hydroxylation is 1. The van der Waals surface area contributed by atoms with Crippen molar-refractivity contribution in [2.75, 3.05) is 7.11 Å². The molecule has 0 atom stereocenters. The molecule has 0 fully saturated rings. The Hall–Kier alpha value is -2.62. The number of carboxylic acid groups (broad SMARTS) is 1. The molecule has 0 spiro atoms. The van der Waals surface area contributed by atoms with Crippen LogP contribution in [0.3, 0.4) is 0 Å². The van der Waals surface area contributed by atoms with Gasteiger partial charge in [0, 0.05) is 5.56 Å². The molecule has 0 unspecified atom stereocenters. The lowest BCUT2D eigenvalue weighted by molar-refractivity contribution is 0.0697. The minimum atomic E-state index is -0.973. The van der Waals surface area contributed by atoms with Crippen molar-refractivity contribution < 1.29 is 19.0 Å². The normalized spacial score (nSPS) is 13.3. The second-order valence-electron chi connectivity index (χ2n) is 5.18. The SMILES string of the molecule is COc1ccc(F)cc1C1=CCCc2ccc(C(=O)O)cc21. The number of benzene rings is 2. The first-order valence-electron chi connectivity index (χ1n) is 7.01. The van der Waals surface area contributed by atoms with Gasteiger partial charge in [0.15, 0.2) is 0 Å². The lowest BCUT2D eigenvalue weighted by Gasteiger charge is -2.20. The van der Waals surface area contributed by atoms with Crippen LogP contribution in [0.5, 0.6) is 5.75 Å². The number of hydrogen-bond acceptors (Lipinski definition) is 2. The van der Waals surface area contributed by atoms with Crippen LogP contribution in [0.1, 0.15) is 33.5 Å². The first kappa shape index (κ1) is 14.3. The quantitative estimate of drug-likeness (QED) is 0.934. The highest BCUT2D eigenvalue weighted by Gasteiger charge is 2.19. The highest BCUT2D eigenvalue weighted by molar-refractivity contribution is 5.92. The topological polar surface area (TPSA) is 46.5 Å². The third kappa shape index (κ3) is 2.48. The summed E-state index contributed by atoms with van der Waals surface area (Å²) in [6.07, 6.45) is 3.68. The van der Waals surface area contributed by atoms with E-state index in [1.54, 1.807) is 18.2 Å². The molecule has 0 saturated carbocycles. The second kappa shape index (κ2) is 5.64. The van der Waals surface area contributed by atoms with Gasteiger partial charge in [0.05, 0.1) is 12.7 Å². The number of aromatic carboxylic acids is 1. The van der Waals surface area contributed by atoms with Gasteiger partial charge in [-0.3, -0.25) is 0 Å². The minimum absolute atomic E-state index is 0.224. The molecule has 0 aliphatic heterocycles. The van der Waals surface area contributed by atoms with E-state index in [0.717, 1.165) is 29.5 Å². The standard InChI is InChI=1S/C18H15FO3/c1-22-17-8-7-13(19)10-16(17)14-4-2-3-11-5-6-12(18(20)21)9-15(11)14/h4-10H,2-3H2,1H3,(H,20,21). The summed E-state index contributed by atoms with van der Waals surface area (Å²) in [5.74, 6) is -0.752. The molecular weight excluding hydrogens is 283 g/mol. The number of fused-ring (bicyclic) bond motifs is 1. The summed E-state index contributed by atoms with van der Waals surface area (Å²) in [4.78, 5) is 11.2. The van der Waals surface area contributed by atoms with Crippen LogP contribution in [0.15, 0.2) is 42.5 Å². The van der Waals surface area contributed by atoms with Crippen LogP contribution in [-0.4, -0.2) is 18.2 Å². The van der Waals surface area contributed by atoms with Crippen LogP contribution >= 0.6 is 0 Å². The monoisotopic (exact) mass is 298 g/mol. The summed E-state index contributed by atoms with van der Waals surface area (Å²) >= 11 is 0. The van der Waals surface area contributed by atoms with Crippen LogP contribution in [0.2, 0.25) is 0 Å². The Balaban J connectivity index is 2.18. The predicted molar refractivity (Wildman–Crippen MR) is 81.8 cm³/mol. The zero-order valence-corrected chi connectivity index (χ0v) is 12.1. The molecule has 1 aliphatic rings. The predicted octanol–water partition coefficient (Wildman–Crippen LogP) is 3.91. The van der Waals surface area contributed by atoms with E-state index in [9.17, 15) is 14.3 Å². The second-order valence-corrected chi connectivity index (χ2v) is 5.18. The average Bonchev–Trinajstić information content (AvgIpc) is 2.53. The molecule has 22 heavy (non-hydrogen) atoms. The van der Waals surface area contributed by atoms with Crippen molar-refractivity contribution in [3.05, 3.63) is 70.5 Å². The number of carbonyl (C=O) groups is 1. The molecule has 1 N–H and O–H groups in total. The van der Waals surface area contributed by atoms with Gasteiger partial charge in [0.2, 0.25) is 0 Å². The van der Waals surface area contributed by atoms with E-state index in [1.165, 1.54) is 19.2 Å². The number of ether oxygens (including phenoxy) is 1. The molecule has 0 saturated heterocycles. The van der Waals surface area contributed by atoms with E-state index < -0.39 is 5.97 Å². The van der Waals surface area contributed by atoms with Crippen molar-refractivity contribution in [1.29, 1.82) is 0 Å². The van der Waals surface area contributed by atoms with Crippen LogP contribution in [0, 0.1) is 5.82 Å². The molecule has 0 radical (unpaired) electrons. The van der Waals surface area contributed by atoms with Gasteiger partial charge in [0.25, 0.3) is 0 Å². The van der Waals surface area contributed by atoms with E-state index in [1.807, 2.05) is 12.1 Å². The first-order chi connectivity index (χ1) is 10.6. The van der Waals surface area contributed by atoms with Crippen molar-refractivity contribution in [2.24, 2.45) is 0 Å². The maximum atomic E-state index is 13.6. The van der Waals surface area contributed by atoms with Crippen molar-refractivity contribution >= 4 is 11.5 Å². The molecule has 0 aromatic heterocycles. The van der Waals surface area contributed by atoms with Gasteiger partial charge in [-0.05, 0) is 59.9 Å². The highest BCUT2D eigenvalue weighted by atomic mass is 19.1. The molecule has 4 heteroatoms.